The van der Waals surface area contributed by atoms with Gasteiger partial charge < -0.3 is 24.8 Å². The summed E-state index contributed by atoms with van der Waals surface area (Å²) < 4.78 is 8.21. The van der Waals surface area contributed by atoms with Gasteiger partial charge in [0.1, 0.15) is 6.04 Å². The van der Waals surface area contributed by atoms with Gasteiger partial charge in [0.25, 0.3) is 5.91 Å². The number of benzene rings is 1. The van der Waals surface area contributed by atoms with E-state index in [1.165, 1.54) is 19.3 Å². The van der Waals surface area contributed by atoms with Gasteiger partial charge in [0.15, 0.2) is 0 Å². The fourth-order valence-electron chi connectivity index (χ4n) is 9.77. The number of nitrogens with zero attached hydrogens (tertiary/aromatic N) is 6. The van der Waals surface area contributed by atoms with Crippen LogP contribution >= 0.6 is 0 Å². The topological polar surface area (TPSA) is 146 Å². The number of ether oxygens (including phenoxy) is 1. The Labute approximate surface area is 329 Å². The maximum Gasteiger partial charge on any atom is 0.257 e. The lowest BCUT2D eigenvalue weighted by Crippen LogP contribution is -2.65. The smallest absolute Gasteiger partial charge is 0.257 e. The molecule has 13 nitrogen and oxygen atoms in total. The molecule has 0 unspecified atom stereocenters. The van der Waals surface area contributed by atoms with Crippen molar-refractivity contribution in [3.63, 3.8) is 0 Å². The molecule has 0 radical (unpaired) electrons. The van der Waals surface area contributed by atoms with Crippen molar-refractivity contribution >= 4 is 23.6 Å². The van der Waals surface area contributed by atoms with Crippen LogP contribution in [0.1, 0.15) is 99.7 Å². The van der Waals surface area contributed by atoms with Gasteiger partial charge in [-0.05, 0) is 62.0 Å². The minimum atomic E-state index is -0.877. The molecule has 3 aliphatic heterocycles. The average Bonchev–Trinajstić information content (AvgIpc) is 3.72. The Hall–Kier alpha value is -4.52. The first-order valence-electron chi connectivity index (χ1n) is 20.8. The number of H-pyrrole nitrogens is 1. The Morgan fingerprint density at radius 2 is 1.64 bits per heavy atom. The molecule has 2 aromatic heterocycles. The van der Waals surface area contributed by atoms with Gasteiger partial charge in [0, 0.05) is 81.2 Å². The molecule has 8 rings (SSSR count). The van der Waals surface area contributed by atoms with Crippen LogP contribution in [0.25, 0.3) is 0 Å². The lowest BCUT2D eigenvalue weighted by molar-refractivity contribution is -0.153. The van der Waals surface area contributed by atoms with Gasteiger partial charge in [-0.3, -0.25) is 29.0 Å². The minimum absolute atomic E-state index is 0.0108. The number of amides is 4. The number of piperidine rings is 1. The van der Waals surface area contributed by atoms with E-state index in [1.807, 2.05) is 53.1 Å². The maximum atomic E-state index is 14.7. The molecule has 3 saturated heterocycles. The van der Waals surface area contributed by atoms with Gasteiger partial charge in [-0.15, -0.1) is 0 Å². The molecular formula is C43H58N8O5. The average molecular weight is 767 g/mol. The lowest BCUT2D eigenvalue weighted by Gasteiger charge is -2.50. The second-order valence-corrected chi connectivity index (χ2v) is 18.1. The third-order valence-corrected chi connectivity index (χ3v) is 13.6. The molecule has 4 amide bonds. The van der Waals surface area contributed by atoms with Crippen molar-refractivity contribution in [1.82, 2.24) is 40.0 Å². The molecular weight excluding hydrogens is 709 g/mol. The van der Waals surface area contributed by atoms with Gasteiger partial charge in [-0.1, -0.05) is 63.4 Å². The summed E-state index contributed by atoms with van der Waals surface area (Å²) in [7, 11) is 0. The summed E-state index contributed by atoms with van der Waals surface area (Å²) in [5.74, 6) is -0.327. The van der Waals surface area contributed by atoms with E-state index in [4.69, 9.17) is 4.74 Å². The number of carbonyl (C=O) groups is 4. The van der Waals surface area contributed by atoms with Crippen molar-refractivity contribution in [2.45, 2.75) is 96.7 Å². The molecule has 5 heterocycles. The first-order chi connectivity index (χ1) is 27.0. The third kappa shape index (κ3) is 8.01. The van der Waals surface area contributed by atoms with Crippen molar-refractivity contribution in [2.24, 2.45) is 28.6 Å². The molecule has 5 fully saturated rings. The summed E-state index contributed by atoms with van der Waals surface area (Å²) in [5, 5.41) is 14.9. The minimum Gasteiger partial charge on any atom is -0.376 e. The quantitative estimate of drug-likeness (QED) is 0.277. The number of hydrogen-bond acceptors (Lipinski definition) is 7. The van der Waals surface area contributed by atoms with Crippen LogP contribution < -0.4 is 5.32 Å². The number of likely N-dealkylation sites (tertiary alicyclic amines) is 3. The Morgan fingerprint density at radius 3 is 2.32 bits per heavy atom. The van der Waals surface area contributed by atoms with Crippen molar-refractivity contribution in [3.05, 3.63) is 71.8 Å². The number of aromatic amines is 1. The molecule has 5 aliphatic rings. The zero-order chi connectivity index (χ0) is 39.0. The second kappa shape index (κ2) is 15.8. The van der Waals surface area contributed by atoms with Gasteiger partial charge >= 0.3 is 0 Å². The van der Waals surface area contributed by atoms with Gasteiger partial charge in [0.05, 0.1) is 30.3 Å². The number of aromatic nitrogens is 4. The number of hydrogen-bond donors (Lipinski definition) is 2. The van der Waals surface area contributed by atoms with E-state index in [-0.39, 0.29) is 41.5 Å². The number of carbonyl (C=O) groups excluding carboxylic acids is 4. The number of rotatable bonds is 12. The maximum absolute atomic E-state index is 14.7. The summed E-state index contributed by atoms with van der Waals surface area (Å²) in [6, 6.07) is 11.1. The molecule has 2 saturated carbocycles. The summed E-state index contributed by atoms with van der Waals surface area (Å²) in [6.07, 6.45) is 12.9. The summed E-state index contributed by atoms with van der Waals surface area (Å²) in [6.45, 7) is 9.73. The van der Waals surface area contributed by atoms with E-state index >= 15 is 0 Å². The Bertz CT molecular complexity index is 1860. The predicted octanol–water partition coefficient (Wildman–Crippen LogP) is 4.48. The largest absolute Gasteiger partial charge is 0.376 e. The first kappa shape index (κ1) is 38.4. The van der Waals surface area contributed by atoms with E-state index in [0.717, 1.165) is 43.4 Å². The molecule has 4 atom stereocenters. The summed E-state index contributed by atoms with van der Waals surface area (Å²) >= 11 is 0. The van der Waals surface area contributed by atoms with Crippen LogP contribution in [0.15, 0.2) is 55.0 Å². The molecule has 2 aliphatic carbocycles. The summed E-state index contributed by atoms with van der Waals surface area (Å²) in [4.78, 5) is 62.2. The monoisotopic (exact) mass is 766 g/mol. The van der Waals surface area contributed by atoms with Crippen LogP contribution in [0.5, 0.6) is 0 Å². The highest BCUT2D eigenvalue weighted by Crippen LogP contribution is 2.54. The van der Waals surface area contributed by atoms with Gasteiger partial charge in [-0.25, -0.2) is 0 Å². The van der Waals surface area contributed by atoms with Gasteiger partial charge in [0.2, 0.25) is 17.7 Å². The van der Waals surface area contributed by atoms with E-state index < -0.39 is 23.5 Å². The Kier molecular flexibility index (Phi) is 10.8. The predicted molar refractivity (Wildman–Crippen MR) is 209 cm³/mol. The molecule has 1 spiro atoms. The molecule has 1 aromatic carbocycles. The Balaban J connectivity index is 0.994. The van der Waals surface area contributed by atoms with E-state index in [1.54, 1.807) is 28.2 Å². The third-order valence-electron chi connectivity index (χ3n) is 13.6. The standard InChI is InChI=1S/C43H58N8O5/c1-29(56-25-31-12-8-5-9-13-31)37(41(55)48-18-15-32(16-19-48)36-14-17-44-47-36)46-38(52)35-24-49(26-43(35)27-50(28-43)40(54)34-20-42(34,2)3)39(53)33-21-45-51(23-33)22-30-10-6-4-7-11-30/h4,6-7,10-11,14,17,21,23,29,31-32,34-35,37H,5,8-9,12-13,15-16,18-20,22,24-28H2,1-3H3,(H,44,47)(H,46,52)/t29-,34-,35+,37+/m1/s1. The van der Waals surface area contributed by atoms with Crippen LogP contribution in [-0.4, -0.2) is 116 Å². The molecule has 13 heteroatoms. The molecule has 0 bridgehead atoms. The lowest BCUT2D eigenvalue weighted by atomic mass is 9.70. The van der Waals surface area contributed by atoms with Gasteiger partial charge in [-0.2, -0.15) is 10.2 Å². The first-order valence-corrected chi connectivity index (χ1v) is 20.8. The highest BCUT2D eigenvalue weighted by Gasteiger charge is 2.62. The SMILES string of the molecule is C[C@@H](OCC1CCCCC1)[C@H](NC(=O)[C@@H]1CN(C(=O)c2cnn(Cc3ccccc3)c2)CC12CN(C(=O)[C@H]1CC1(C)C)C2)C(=O)N1CCC(c2ccn[nH]2)CC1. The van der Waals surface area contributed by atoms with E-state index in [0.29, 0.717) is 63.3 Å². The van der Waals surface area contributed by atoms with Crippen LogP contribution in [0.3, 0.4) is 0 Å². The van der Waals surface area contributed by atoms with Crippen LogP contribution in [-0.2, 0) is 25.7 Å². The van der Waals surface area contributed by atoms with Crippen molar-refractivity contribution in [1.29, 1.82) is 0 Å². The van der Waals surface area contributed by atoms with Crippen molar-refractivity contribution < 1.29 is 23.9 Å². The molecule has 2 N–H and O–H groups in total. The highest BCUT2D eigenvalue weighted by molar-refractivity contribution is 5.96. The van der Waals surface area contributed by atoms with Crippen molar-refractivity contribution in [3.8, 4) is 0 Å². The van der Waals surface area contributed by atoms with Crippen LogP contribution in [0.2, 0.25) is 0 Å². The molecule has 300 valence electrons. The van der Waals surface area contributed by atoms with Crippen LogP contribution in [0, 0.1) is 28.6 Å². The zero-order valence-corrected chi connectivity index (χ0v) is 33.2. The highest BCUT2D eigenvalue weighted by atomic mass is 16.5. The fraction of sp³-hybridized carbons (Fsp3) is 0.628. The molecule has 3 aromatic rings. The number of nitrogens with one attached hydrogen (secondary N) is 2. The van der Waals surface area contributed by atoms with Crippen molar-refractivity contribution in [2.75, 3.05) is 45.9 Å². The fourth-order valence-corrected chi connectivity index (χ4v) is 9.77. The van der Waals surface area contributed by atoms with Crippen LogP contribution in [0.4, 0.5) is 0 Å². The molecule has 56 heavy (non-hydrogen) atoms. The summed E-state index contributed by atoms with van der Waals surface area (Å²) in [5.41, 5.74) is 1.99. The van der Waals surface area contributed by atoms with E-state index in [9.17, 15) is 19.2 Å². The zero-order valence-electron chi connectivity index (χ0n) is 33.2. The Morgan fingerprint density at radius 1 is 0.929 bits per heavy atom. The normalized spacial score (nSPS) is 24.4. The second-order valence-electron chi connectivity index (χ2n) is 18.1. The van der Waals surface area contributed by atoms with E-state index in [2.05, 4.69) is 34.5 Å².